The normalized spacial score (nSPS) is 14.0. The van der Waals surface area contributed by atoms with Crippen molar-refractivity contribution >= 4 is 29.4 Å². The zero-order valence-corrected chi connectivity index (χ0v) is 8.91. The molecule has 0 aromatic heterocycles. The van der Waals surface area contributed by atoms with Gasteiger partial charge in [0.1, 0.15) is 5.38 Å². The number of aliphatic carboxylic acids is 1. The monoisotopic (exact) mass is 235 g/mol. The van der Waals surface area contributed by atoms with E-state index in [9.17, 15) is 19.5 Å². The van der Waals surface area contributed by atoms with Crippen molar-refractivity contribution in [3.8, 4) is 0 Å². The first-order valence-corrected chi connectivity index (χ1v) is 4.72. The Balaban J connectivity index is 4.22. The SMILES string of the molecule is C[C@@H](Cl)C(=O)N[C@@H](CCC(N)=O)C(=O)[O-]. The van der Waals surface area contributed by atoms with Gasteiger partial charge in [-0.2, -0.15) is 0 Å². The first-order valence-electron chi connectivity index (χ1n) is 4.28. The van der Waals surface area contributed by atoms with Crippen LogP contribution in [0.2, 0.25) is 0 Å². The smallest absolute Gasteiger partial charge is 0.238 e. The third kappa shape index (κ3) is 5.90. The molecule has 2 amide bonds. The molecule has 0 heterocycles. The van der Waals surface area contributed by atoms with Gasteiger partial charge in [0.15, 0.2) is 0 Å². The number of halogens is 1. The van der Waals surface area contributed by atoms with Crippen LogP contribution in [0.4, 0.5) is 0 Å². The summed E-state index contributed by atoms with van der Waals surface area (Å²) in [6.45, 7) is 1.40. The summed E-state index contributed by atoms with van der Waals surface area (Å²) in [4.78, 5) is 32.0. The van der Waals surface area contributed by atoms with Gasteiger partial charge in [-0.3, -0.25) is 9.59 Å². The number of alkyl halides is 1. The molecule has 0 spiro atoms. The molecular weight excluding hydrogens is 224 g/mol. The highest BCUT2D eigenvalue weighted by atomic mass is 35.5. The number of hydrogen-bond acceptors (Lipinski definition) is 4. The molecule has 7 heteroatoms. The highest BCUT2D eigenvalue weighted by Crippen LogP contribution is 1.99. The van der Waals surface area contributed by atoms with Crippen molar-refractivity contribution in [3.05, 3.63) is 0 Å². The summed E-state index contributed by atoms with van der Waals surface area (Å²) >= 11 is 5.42. The molecule has 0 radical (unpaired) electrons. The molecule has 86 valence electrons. The lowest BCUT2D eigenvalue weighted by Crippen LogP contribution is -2.49. The van der Waals surface area contributed by atoms with Gasteiger partial charge in [-0.15, -0.1) is 11.6 Å². The first kappa shape index (κ1) is 13.7. The van der Waals surface area contributed by atoms with Crippen molar-refractivity contribution in [3.63, 3.8) is 0 Å². The van der Waals surface area contributed by atoms with Gasteiger partial charge in [0.2, 0.25) is 11.8 Å². The van der Waals surface area contributed by atoms with Gasteiger partial charge in [-0.1, -0.05) is 0 Å². The molecular formula is C8H12ClN2O4-. The molecule has 2 atom stereocenters. The highest BCUT2D eigenvalue weighted by Gasteiger charge is 2.17. The Labute approximate surface area is 91.8 Å². The maximum absolute atomic E-state index is 11.1. The predicted molar refractivity (Wildman–Crippen MR) is 50.7 cm³/mol. The van der Waals surface area contributed by atoms with Crippen LogP contribution in [0.5, 0.6) is 0 Å². The zero-order chi connectivity index (χ0) is 12.0. The van der Waals surface area contributed by atoms with Crippen LogP contribution < -0.4 is 16.2 Å². The van der Waals surface area contributed by atoms with Crippen LogP contribution in [0.25, 0.3) is 0 Å². The Hall–Kier alpha value is -1.30. The molecule has 0 aliphatic carbocycles. The second-order valence-corrected chi connectivity index (χ2v) is 3.66. The average molecular weight is 236 g/mol. The Morgan fingerprint density at radius 2 is 2.00 bits per heavy atom. The van der Waals surface area contributed by atoms with E-state index in [4.69, 9.17) is 17.3 Å². The Bertz CT molecular complexity index is 267. The van der Waals surface area contributed by atoms with Gasteiger partial charge in [-0.25, -0.2) is 0 Å². The van der Waals surface area contributed by atoms with Crippen molar-refractivity contribution < 1.29 is 19.5 Å². The molecule has 0 bridgehead atoms. The number of nitrogens with two attached hydrogens (primary N) is 1. The summed E-state index contributed by atoms with van der Waals surface area (Å²) < 4.78 is 0. The largest absolute Gasteiger partial charge is 0.548 e. The summed E-state index contributed by atoms with van der Waals surface area (Å²) in [5.41, 5.74) is 4.84. The van der Waals surface area contributed by atoms with Crippen LogP contribution in [0.15, 0.2) is 0 Å². The molecule has 0 rings (SSSR count). The van der Waals surface area contributed by atoms with E-state index in [1.165, 1.54) is 6.92 Å². The van der Waals surface area contributed by atoms with Crippen molar-refractivity contribution in [2.45, 2.75) is 31.2 Å². The van der Waals surface area contributed by atoms with Gasteiger partial charge < -0.3 is 21.0 Å². The molecule has 0 aromatic carbocycles. The third-order valence-electron chi connectivity index (χ3n) is 1.64. The molecule has 0 fully saturated rings. The van der Waals surface area contributed by atoms with E-state index in [1.54, 1.807) is 0 Å². The minimum Gasteiger partial charge on any atom is -0.548 e. The van der Waals surface area contributed by atoms with Crippen LogP contribution in [-0.2, 0) is 14.4 Å². The maximum atomic E-state index is 11.1. The number of carbonyl (C=O) groups is 3. The van der Waals surface area contributed by atoms with Crippen LogP contribution >= 0.6 is 11.6 Å². The van der Waals surface area contributed by atoms with Gasteiger partial charge in [0.25, 0.3) is 0 Å². The predicted octanol–water partition coefficient (Wildman–Crippen LogP) is -1.89. The van der Waals surface area contributed by atoms with E-state index in [1.807, 2.05) is 0 Å². The fourth-order valence-electron chi connectivity index (χ4n) is 0.822. The molecule has 0 unspecified atom stereocenters. The lowest BCUT2D eigenvalue weighted by atomic mass is 10.1. The molecule has 3 N–H and O–H groups in total. The van der Waals surface area contributed by atoms with Gasteiger partial charge in [0, 0.05) is 6.42 Å². The third-order valence-corrected chi connectivity index (χ3v) is 1.84. The number of carbonyl (C=O) groups excluding carboxylic acids is 3. The van der Waals surface area contributed by atoms with Gasteiger partial charge in [-0.05, 0) is 13.3 Å². The van der Waals surface area contributed by atoms with E-state index in [0.717, 1.165) is 0 Å². The van der Waals surface area contributed by atoms with Crippen LogP contribution in [0.1, 0.15) is 19.8 Å². The lowest BCUT2D eigenvalue weighted by Gasteiger charge is -2.19. The second kappa shape index (κ2) is 6.23. The number of nitrogens with one attached hydrogen (secondary N) is 1. The number of hydrogen-bond donors (Lipinski definition) is 2. The molecule has 0 saturated carbocycles. The molecule has 0 aliphatic rings. The molecule has 0 aromatic rings. The fraction of sp³-hybridized carbons (Fsp3) is 0.625. The summed E-state index contributed by atoms with van der Waals surface area (Å²) in [7, 11) is 0. The Morgan fingerprint density at radius 3 is 2.33 bits per heavy atom. The standard InChI is InChI=1S/C8H13ClN2O4/c1-4(9)7(13)11-5(8(14)15)2-3-6(10)12/h4-5H,2-3H2,1H3,(H2,10,12)(H,11,13)(H,14,15)/p-1/t4-,5+/m1/s1. The molecule has 0 aliphatic heterocycles. The van der Waals surface area contributed by atoms with Gasteiger partial charge in [0.05, 0.1) is 12.0 Å². The topological polar surface area (TPSA) is 112 Å². The Kier molecular flexibility index (Phi) is 5.69. The zero-order valence-electron chi connectivity index (χ0n) is 8.16. The van der Waals surface area contributed by atoms with E-state index >= 15 is 0 Å². The average Bonchev–Trinajstić information content (AvgIpc) is 2.10. The minimum atomic E-state index is -1.47. The highest BCUT2D eigenvalue weighted by molar-refractivity contribution is 6.30. The van der Waals surface area contributed by atoms with Crippen molar-refractivity contribution in [2.75, 3.05) is 0 Å². The van der Waals surface area contributed by atoms with E-state index in [2.05, 4.69) is 5.32 Å². The van der Waals surface area contributed by atoms with Crippen molar-refractivity contribution in [2.24, 2.45) is 5.73 Å². The molecule has 0 saturated heterocycles. The van der Waals surface area contributed by atoms with Crippen LogP contribution in [0.3, 0.4) is 0 Å². The van der Waals surface area contributed by atoms with Crippen molar-refractivity contribution in [1.29, 1.82) is 0 Å². The molecule has 15 heavy (non-hydrogen) atoms. The number of carboxylic acid groups (broad SMARTS) is 1. The number of rotatable bonds is 6. The minimum absolute atomic E-state index is 0.104. The number of primary amides is 1. The van der Waals surface area contributed by atoms with Crippen LogP contribution in [-0.4, -0.2) is 29.2 Å². The van der Waals surface area contributed by atoms with Gasteiger partial charge >= 0.3 is 0 Å². The fourth-order valence-corrected chi connectivity index (χ4v) is 0.885. The maximum Gasteiger partial charge on any atom is 0.238 e. The van der Waals surface area contributed by atoms with E-state index in [0.29, 0.717) is 0 Å². The second-order valence-electron chi connectivity index (χ2n) is 3.00. The number of amides is 2. The summed E-state index contributed by atoms with van der Waals surface area (Å²) in [5, 5.41) is 11.8. The van der Waals surface area contributed by atoms with Crippen molar-refractivity contribution in [1.82, 2.24) is 5.32 Å². The van der Waals surface area contributed by atoms with Crippen LogP contribution in [0, 0.1) is 0 Å². The molecule has 6 nitrogen and oxygen atoms in total. The first-order chi connectivity index (χ1) is 6.84. The van der Waals surface area contributed by atoms with E-state index < -0.39 is 29.2 Å². The summed E-state index contributed by atoms with van der Waals surface area (Å²) in [5.74, 6) is -2.74. The Morgan fingerprint density at radius 1 is 1.47 bits per heavy atom. The van der Waals surface area contributed by atoms with E-state index in [-0.39, 0.29) is 12.8 Å². The lowest BCUT2D eigenvalue weighted by molar-refractivity contribution is -0.308. The summed E-state index contributed by atoms with van der Waals surface area (Å²) in [6, 6.07) is -1.24. The number of carboxylic acids is 1. The quantitative estimate of drug-likeness (QED) is 0.524. The summed E-state index contributed by atoms with van der Waals surface area (Å²) in [6.07, 6.45) is -0.247.